The molecule has 0 atom stereocenters. The highest BCUT2D eigenvalue weighted by Crippen LogP contribution is 2.41. The first-order valence-electron chi connectivity index (χ1n) is 13.5. The second kappa shape index (κ2) is 10.4. The zero-order chi connectivity index (χ0) is 26.1. The van der Waals surface area contributed by atoms with Gasteiger partial charge in [-0.25, -0.2) is 9.97 Å². The lowest BCUT2D eigenvalue weighted by molar-refractivity contribution is -0.0456. The maximum absolute atomic E-state index is 11.4. The number of hydrogen-bond acceptors (Lipinski definition) is 7. The molecule has 4 aromatic rings. The van der Waals surface area contributed by atoms with Gasteiger partial charge in [0.2, 0.25) is 0 Å². The molecule has 0 bridgehead atoms. The van der Waals surface area contributed by atoms with Crippen molar-refractivity contribution in [2.45, 2.75) is 56.3 Å². The van der Waals surface area contributed by atoms with Crippen LogP contribution in [0.25, 0.3) is 22.2 Å². The minimum Gasteiger partial charge on any atom is -0.457 e. The van der Waals surface area contributed by atoms with E-state index in [-0.39, 0.29) is 12.1 Å². The molecule has 6 rings (SSSR count). The fourth-order valence-electron chi connectivity index (χ4n) is 6.00. The first-order valence-corrected chi connectivity index (χ1v) is 13.5. The summed E-state index contributed by atoms with van der Waals surface area (Å²) in [7, 11) is 0. The molecule has 0 unspecified atom stereocenters. The largest absolute Gasteiger partial charge is 0.457 e. The van der Waals surface area contributed by atoms with Gasteiger partial charge in [0, 0.05) is 37.4 Å². The van der Waals surface area contributed by atoms with Crippen LogP contribution >= 0.6 is 0 Å². The third-order valence-corrected chi connectivity index (χ3v) is 8.14. The number of likely N-dealkylation sites (tertiary alicyclic amines) is 1. The van der Waals surface area contributed by atoms with Gasteiger partial charge in [-0.2, -0.15) is 0 Å². The van der Waals surface area contributed by atoms with Crippen molar-refractivity contribution in [3.05, 3.63) is 67.1 Å². The molecule has 2 aromatic carbocycles. The number of para-hydroxylation sites is 1. The Hall–Kier alpha value is -3.46. The number of anilines is 1. The fraction of sp³-hybridized carbons (Fsp3) is 0.400. The van der Waals surface area contributed by atoms with Gasteiger partial charge in [-0.15, -0.1) is 0 Å². The van der Waals surface area contributed by atoms with Crippen molar-refractivity contribution >= 4 is 16.9 Å². The van der Waals surface area contributed by atoms with E-state index in [4.69, 9.17) is 10.5 Å². The van der Waals surface area contributed by atoms with Gasteiger partial charge in [0.05, 0.1) is 17.1 Å². The van der Waals surface area contributed by atoms with E-state index in [0.29, 0.717) is 12.4 Å². The van der Waals surface area contributed by atoms with Crippen molar-refractivity contribution in [2.24, 2.45) is 0 Å². The number of ether oxygens (including phenoxy) is 1. The Morgan fingerprint density at radius 1 is 0.921 bits per heavy atom. The van der Waals surface area contributed by atoms with E-state index in [0.717, 1.165) is 85.3 Å². The van der Waals surface area contributed by atoms with Crippen molar-refractivity contribution in [2.75, 3.05) is 25.4 Å². The molecular formula is C30H35N5O3. The number of hydrogen-bond donors (Lipinski definition) is 3. The van der Waals surface area contributed by atoms with Crippen LogP contribution in [0.1, 0.15) is 44.6 Å². The molecule has 1 aliphatic heterocycles. The Bertz CT molecular complexity index is 1370. The number of nitrogen functional groups attached to an aromatic ring is 1. The number of fused-ring (bicyclic) bond motifs is 1. The number of aromatic nitrogens is 3. The first-order chi connectivity index (χ1) is 18.5. The molecule has 1 saturated heterocycles. The number of nitrogens with two attached hydrogens (primary N) is 1. The zero-order valence-corrected chi connectivity index (χ0v) is 21.5. The van der Waals surface area contributed by atoms with E-state index < -0.39 is 5.60 Å². The van der Waals surface area contributed by atoms with Crippen LogP contribution in [0.5, 0.6) is 11.5 Å². The molecule has 1 saturated carbocycles. The Kier molecular flexibility index (Phi) is 6.78. The zero-order valence-electron chi connectivity index (χ0n) is 21.5. The molecule has 8 heteroatoms. The summed E-state index contributed by atoms with van der Waals surface area (Å²) in [5.74, 6) is 2.03. The molecule has 2 aromatic heterocycles. The summed E-state index contributed by atoms with van der Waals surface area (Å²) in [6.07, 6.45) is 8.25. The summed E-state index contributed by atoms with van der Waals surface area (Å²) >= 11 is 0. The number of nitrogens with zero attached hydrogens (tertiary/aromatic N) is 4. The molecule has 2 fully saturated rings. The van der Waals surface area contributed by atoms with Crippen LogP contribution in [0.3, 0.4) is 0 Å². The second-order valence-electron chi connectivity index (χ2n) is 10.8. The smallest absolute Gasteiger partial charge is 0.146 e. The number of benzene rings is 2. The van der Waals surface area contributed by atoms with Crippen molar-refractivity contribution in [3.63, 3.8) is 0 Å². The molecule has 1 aliphatic carbocycles. The first kappa shape index (κ1) is 24.9. The molecule has 2 aliphatic rings. The van der Waals surface area contributed by atoms with E-state index in [9.17, 15) is 10.2 Å². The van der Waals surface area contributed by atoms with Crippen LogP contribution < -0.4 is 10.5 Å². The summed E-state index contributed by atoms with van der Waals surface area (Å²) in [6.45, 7) is 2.38. The van der Waals surface area contributed by atoms with E-state index in [1.165, 1.54) is 6.33 Å². The molecule has 198 valence electrons. The van der Waals surface area contributed by atoms with Gasteiger partial charge in [0.25, 0.3) is 0 Å². The maximum Gasteiger partial charge on any atom is 0.146 e. The number of rotatable bonds is 6. The highest BCUT2D eigenvalue weighted by molar-refractivity contribution is 6.00. The summed E-state index contributed by atoms with van der Waals surface area (Å²) in [5.41, 5.74) is 8.54. The molecule has 0 amide bonds. The summed E-state index contributed by atoms with van der Waals surface area (Å²) in [5, 5.41) is 22.0. The topological polar surface area (TPSA) is 110 Å². The van der Waals surface area contributed by atoms with Crippen LogP contribution in [0, 0.1) is 0 Å². The lowest BCUT2D eigenvalue weighted by Gasteiger charge is -2.41. The third kappa shape index (κ3) is 5.12. The Balaban J connectivity index is 1.21. The van der Waals surface area contributed by atoms with E-state index >= 15 is 0 Å². The van der Waals surface area contributed by atoms with Crippen LogP contribution in [-0.4, -0.2) is 61.0 Å². The van der Waals surface area contributed by atoms with Crippen LogP contribution in [0.2, 0.25) is 0 Å². The Labute approximate surface area is 222 Å². The number of piperidine rings is 1. The van der Waals surface area contributed by atoms with Crippen LogP contribution in [0.4, 0.5) is 5.82 Å². The number of β-amino-alcohol motifs (C(OH)–C–C–N with tert-alkyl or cyclic N) is 1. The monoisotopic (exact) mass is 513 g/mol. The van der Waals surface area contributed by atoms with Crippen molar-refractivity contribution in [1.82, 2.24) is 19.4 Å². The minimum atomic E-state index is -0.687. The normalized spacial score (nSPS) is 23.1. The average Bonchev–Trinajstić information content (AvgIpc) is 3.32. The predicted octanol–water partition coefficient (Wildman–Crippen LogP) is 4.78. The quantitative estimate of drug-likeness (QED) is 0.340. The minimum absolute atomic E-state index is 0.199. The maximum atomic E-state index is 11.4. The van der Waals surface area contributed by atoms with Crippen molar-refractivity contribution < 1.29 is 14.9 Å². The van der Waals surface area contributed by atoms with Crippen LogP contribution in [0.15, 0.2) is 67.1 Å². The predicted molar refractivity (Wildman–Crippen MR) is 148 cm³/mol. The van der Waals surface area contributed by atoms with Gasteiger partial charge in [-0.3, -0.25) is 0 Å². The number of aliphatic hydroxyl groups is 2. The fourth-order valence-corrected chi connectivity index (χ4v) is 6.00. The second-order valence-corrected chi connectivity index (χ2v) is 10.8. The Morgan fingerprint density at radius 3 is 2.32 bits per heavy atom. The van der Waals surface area contributed by atoms with E-state index in [1.54, 1.807) is 0 Å². The van der Waals surface area contributed by atoms with Gasteiger partial charge in [-0.05, 0) is 68.4 Å². The van der Waals surface area contributed by atoms with Gasteiger partial charge < -0.3 is 30.2 Å². The van der Waals surface area contributed by atoms with Crippen molar-refractivity contribution in [1.29, 1.82) is 0 Å². The number of aliphatic hydroxyl groups excluding tert-OH is 1. The molecular weight excluding hydrogens is 478 g/mol. The average molecular weight is 514 g/mol. The third-order valence-electron chi connectivity index (χ3n) is 8.14. The van der Waals surface area contributed by atoms with E-state index in [2.05, 4.69) is 25.6 Å². The SMILES string of the molecule is Nc1ncnc2c1c(-c1ccc(Oc3ccccc3)cc1)cn2C1CCC(O)(CN2CCC(O)CC2)CC1. The highest BCUT2D eigenvalue weighted by Gasteiger charge is 2.36. The van der Waals surface area contributed by atoms with Gasteiger partial charge in [-0.1, -0.05) is 30.3 Å². The molecule has 38 heavy (non-hydrogen) atoms. The highest BCUT2D eigenvalue weighted by atomic mass is 16.5. The summed E-state index contributed by atoms with van der Waals surface area (Å²) in [6, 6.07) is 18.0. The molecule has 8 nitrogen and oxygen atoms in total. The van der Waals surface area contributed by atoms with Crippen molar-refractivity contribution in [3.8, 4) is 22.6 Å². The molecule has 0 spiro atoms. The van der Waals surface area contributed by atoms with Gasteiger partial charge >= 0.3 is 0 Å². The lowest BCUT2D eigenvalue weighted by atomic mass is 9.81. The summed E-state index contributed by atoms with van der Waals surface area (Å²) < 4.78 is 8.20. The van der Waals surface area contributed by atoms with Gasteiger partial charge in [0.15, 0.2) is 0 Å². The van der Waals surface area contributed by atoms with E-state index in [1.807, 2.05) is 54.6 Å². The molecule has 3 heterocycles. The van der Waals surface area contributed by atoms with Crippen LogP contribution in [-0.2, 0) is 0 Å². The molecule has 4 N–H and O–H groups in total. The summed E-state index contributed by atoms with van der Waals surface area (Å²) in [4.78, 5) is 11.2. The van der Waals surface area contributed by atoms with Gasteiger partial charge in [0.1, 0.15) is 29.3 Å². The standard InChI is InChI=1S/C30H35N5O3/c31-28-27-26(21-6-8-25(9-7-21)38-24-4-2-1-3-5-24)18-35(29(27)33-20-32-28)22-10-14-30(37,15-11-22)19-34-16-12-23(36)13-17-34/h1-9,18,20,22-23,36-37H,10-17,19H2,(H2,31,32,33). The lowest BCUT2D eigenvalue weighted by Crippen LogP contribution is -2.48. The molecule has 0 radical (unpaired) electrons. The Morgan fingerprint density at radius 2 is 1.61 bits per heavy atom.